The van der Waals surface area contributed by atoms with Crippen LogP contribution in [0.1, 0.15) is 19.4 Å². The zero-order valence-corrected chi connectivity index (χ0v) is 11.4. The minimum Gasteiger partial charge on any atom is -0.352 e. The number of fused-ring (bicyclic) bond motifs is 1. The average molecular weight is 258 g/mol. The van der Waals surface area contributed by atoms with Crippen molar-refractivity contribution in [2.75, 3.05) is 0 Å². The summed E-state index contributed by atoms with van der Waals surface area (Å²) in [6, 6.07) is 9.52. The molecule has 0 aliphatic heterocycles. The summed E-state index contributed by atoms with van der Waals surface area (Å²) in [4.78, 5) is 24.0. The Labute approximate surface area is 112 Å². The second-order valence-corrected chi connectivity index (χ2v) is 5.00. The number of benzene rings is 1. The highest BCUT2D eigenvalue weighted by molar-refractivity contribution is 5.82. The van der Waals surface area contributed by atoms with Crippen LogP contribution < -0.4 is 10.9 Å². The molecule has 0 aliphatic carbocycles. The maximum absolute atomic E-state index is 12.2. The maximum Gasteiger partial charge on any atom is 0.254 e. The van der Waals surface area contributed by atoms with E-state index < -0.39 is 0 Å². The molecule has 4 heteroatoms. The molecule has 0 radical (unpaired) electrons. The van der Waals surface area contributed by atoms with E-state index in [4.69, 9.17) is 0 Å². The molecular formula is C15H18N2O2. The first kappa shape index (κ1) is 13.3. The van der Waals surface area contributed by atoms with E-state index in [1.165, 1.54) is 4.57 Å². The largest absolute Gasteiger partial charge is 0.352 e. The Kier molecular flexibility index (Phi) is 3.69. The maximum atomic E-state index is 12.2. The van der Waals surface area contributed by atoms with Crippen LogP contribution in [0.2, 0.25) is 0 Å². The summed E-state index contributed by atoms with van der Waals surface area (Å²) in [5.41, 5.74) is 1.32. The van der Waals surface area contributed by atoms with Gasteiger partial charge in [0.15, 0.2) is 0 Å². The van der Waals surface area contributed by atoms with E-state index in [-0.39, 0.29) is 24.1 Å². The van der Waals surface area contributed by atoms with Gasteiger partial charge in [-0.1, -0.05) is 18.2 Å². The number of aromatic nitrogens is 1. The molecule has 0 fully saturated rings. The van der Waals surface area contributed by atoms with Crippen LogP contribution >= 0.6 is 0 Å². The van der Waals surface area contributed by atoms with Crippen LogP contribution in [-0.4, -0.2) is 16.5 Å². The van der Waals surface area contributed by atoms with Crippen LogP contribution in [0.5, 0.6) is 0 Å². The molecule has 1 aromatic heterocycles. The number of aryl methyl sites for hydroxylation is 1. The first-order chi connectivity index (χ1) is 8.99. The van der Waals surface area contributed by atoms with Crippen molar-refractivity contribution in [2.45, 2.75) is 33.4 Å². The van der Waals surface area contributed by atoms with Gasteiger partial charge in [0.2, 0.25) is 5.91 Å². The van der Waals surface area contributed by atoms with Crippen molar-refractivity contribution in [3.63, 3.8) is 0 Å². The third-order valence-electron chi connectivity index (χ3n) is 2.93. The van der Waals surface area contributed by atoms with Crippen LogP contribution in [0.3, 0.4) is 0 Å². The van der Waals surface area contributed by atoms with Gasteiger partial charge in [-0.3, -0.25) is 14.2 Å². The number of hydrogen-bond acceptors (Lipinski definition) is 2. The van der Waals surface area contributed by atoms with Gasteiger partial charge in [-0.15, -0.1) is 0 Å². The van der Waals surface area contributed by atoms with E-state index in [9.17, 15) is 9.59 Å². The molecule has 19 heavy (non-hydrogen) atoms. The zero-order chi connectivity index (χ0) is 14.0. The molecule has 1 aromatic carbocycles. The molecule has 0 bridgehead atoms. The summed E-state index contributed by atoms with van der Waals surface area (Å²) >= 11 is 0. The number of nitrogens with zero attached hydrogens (tertiary/aromatic N) is 1. The second-order valence-electron chi connectivity index (χ2n) is 5.00. The van der Waals surface area contributed by atoms with Gasteiger partial charge in [-0.25, -0.2) is 0 Å². The lowest BCUT2D eigenvalue weighted by Crippen LogP contribution is -2.36. The summed E-state index contributed by atoms with van der Waals surface area (Å²) in [5.74, 6) is -0.146. The van der Waals surface area contributed by atoms with E-state index in [1.807, 2.05) is 44.2 Å². The van der Waals surface area contributed by atoms with E-state index in [1.54, 1.807) is 6.92 Å². The van der Waals surface area contributed by atoms with E-state index in [0.717, 1.165) is 10.9 Å². The summed E-state index contributed by atoms with van der Waals surface area (Å²) in [6.45, 7) is 5.62. The Hall–Kier alpha value is -2.10. The van der Waals surface area contributed by atoms with Crippen LogP contribution in [0.25, 0.3) is 10.9 Å². The standard InChI is InChI=1S/C15H18N2O2/c1-10(2)16-14(18)9-17-13-7-5-4-6-12(13)8-11(3)15(17)19/h4-8,10H,9H2,1-3H3,(H,16,18). The average Bonchev–Trinajstić information content (AvgIpc) is 2.34. The summed E-state index contributed by atoms with van der Waals surface area (Å²) in [7, 11) is 0. The number of hydrogen-bond donors (Lipinski definition) is 1. The molecule has 0 atom stereocenters. The number of carbonyl (C=O) groups is 1. The van der Waals surface area contributed by atoms with Crippen LogP contribution in [-0.2, 0) is 11.3 Å². The molecule has 0 saturated carbocycles. The van der Waals surface area contributed by atoms with Crippen LogP contribution in [0, 0.1) is 6.92 Å². The third kappa shape index (κ3) is 2.84. The van der Waals surface area contributed by atoms with Crippen molar-refractivity contribution in [1.82, 2.24) is 9.88 Å². The molecule has 0 unspecified atom stereocenters. The SMILES string of the molecule is Cc1cc2ccccc2n(CC(=O)NC(C)C)c1=O. The van der Waals surface area contributed by atoms with Gasteiger partial charge in [0.05, 0.1) is 5.52 Å². The van der Waals surface area contributed by atoms with Crippen molar-refractivity contribution in [1.29, 1.82) is 0 Å². The zero-order valence-electron chi connectivity index (χ0n) is 11.4. The Balaban J connectivity index is 2.49. The van der Waals surface area contributed by atoms with Gasteiger partial charge in [0, 0.05) is 11.6 Å². The fourth-order valence-corrected chi connectivity index (χ4v) is 2.14. The molecule has 0 aliphatic rings. The number of carbonyl (C=O) groups excluding carboxylic acids is 1. The van der Waals surface area contributed by atoms with Crippen molar-refractivity contribution in [3.8, 4) is 0 Å². The van der Waals surface area contributed by atoms with E-state index in [2.05, 4.69) is 5.32 Å². The van der Waals surface area contributed by atoms with Crippen molar-refractivity contribution < 1.29 is 4.79 Å². The molecule has 0 spiro atoms. The highest BCUT2D eigenvalue weighted by atomic mass is 16.2. The molecule has 1 N–H and O–H groups in total. The van der Waals surface area contributed by atoms with E-state index >= 15 is 0 Å². The van der Waals surface area contributed by atoms with Crippen molar-refractivity contribution in [2.24, 2.45) is 0 Å². The molecule has 0 saturated heterocycles. The third-order valence-corrected chi connectivity index (χ3v) is 2.93. The van der Waals surface area contributed by atoms with Gasteiger partial charge < -0.3 is 5.32 Å². The lowest BCUT2D eigenvalue weighted by Gasteiger charge is -2.13. The molecule has 1 heterocycles. The van der Waals surface area contributed by atoms with Gasteiger partial charge in [-0.05, 0) is 38.3 Å². The number of rotatable bonds is 3. The van der Waals surface area contributed by atoms with Gasteiger partial charge >= 0.3 is 0 Å². The molecule has 1 amide bonds. The Morgan fingerprint density at radius 2 is 2.00 bits per heavy atom. The van der Waals surface area contributed by atoms with Crippen LogP contribution in [0.4, 0.5) is 0 Å². The number of pyridine rings is 1. The van der Waals surface area contributed by atoms with Gasteiger partial charge in [-0.2, -0.15) is 0 Å². The fourth-order valence-electron chi connectivity index (χ4n) is 2.14. The Morgan fingerprint density at radius 1 is 1.32 bits per heavy atom. The Bertz CT molecular complexity index is 671. The molecule has 2 rings (SSSR count). The topological polar surface area (TPSA) is 51.1 Å². The minimum atomic E-state index is -0.146. The molecular weight excluding hydrogens is 240 g/mol. The van der Waals surface area contributed by atoms with Gasteiger partial charge in [0.1, 0.15) is 6.54 Å². The lowest BCUT2D eigenvalue weighted by atomic mass is 10.1. The fraction of sp³-hybridized carbons (Fsp3) is 0.333. The first-order valence-electron chi connectivity index (χ1n) is 6.37. The van der Waals surface area contributed by atoms with Crippen molar-refractivity contribution >= 4 is 16.8 Å². The molecule has 2 aromatic rings. The first-order valence-corrected chi connectivity index (χ1v) is 6.37. The predicted octanol–water partition coefficient (Wildman–Crippen LogP) is 1.83. The van der Waals surface area contributed by atoms with Crippen LogP contribution in [0.15, 0.2) is 35.1 Å². The summed E-state index contributed by atoms with van der Waals surface area (Å²) in [6.07, 6.45) is 0. The summed E-state index contributed by atoms with van der Waals surface area (Å²) in [5, 5.41) is 3.77. The monoisotopic (exact) mass is 258 g/mol. The highest BCUT2D eigenvalue weighted by Crippen LogP contribution is 2.12. The van der Waals surface area contributed by atoms with E-state index in [0.29, 0.717) is 5.56 Å². The lowest BCUT2D eigenvalue weighted by molar-refractivity contribution is -0.122. The Morgan fingerprint density at radius 3 is 2.68 bits per heavy atom. The minimum absolute atomic E-state index is 0.0548. The second kappa shape index (κ2) is 5.26. The van der Waals surface area contributed by atoms with Crippen molar-refractivity contribution in [3.05, 3.63) is 46.2 Å². The normalized spacial score (nSPS) is 10.9. The predicted molar refractivity (Wildman–Crippen MR) is 76.2 cm³/mol. The number of amides is 1. The number of nitrogens with one attached hydrogen (secondary N) is 1. The highest BCUT2D eigenvalue weighted by Gasteiger charge is 2.10. The smallest absolute Gasteiger partial charge is 0.254 e. The quantitative estimate of drug-likeness (QED) is 0.913. The number of para-hydroxylation sites is 1. The molecule has 4 nitrogen and oxygen atoms in total. The molecule has 100 valence electrons. The summed E-state index contributed by atoms with van der Waals surface area (Å²) < 4.78 is 1.53. The van der Waals surface area contributed by atoms with Gasteiger partial charge in [0.25, 0.3) is 5.56 Å².